The average Bonchev–Trinajstić information content (AvgIpc) is 3.08. The maximum Gasteiger partial charge on any atom is 0.287 e. The van der Waals surface area contributed by atoms with Crippen molar-refractivity contribution in [1.82, 2.24) is 25.4 Å². The number of aromatic nitrogens is 3. The van der Waals surface area contributed by atoms with Crippen LogP contribution in [0.25, 0.3) is 11.0 Å². The van der Waals surface area contributed by atoms with E-state index in [-0.39, 0.29) is 17.2 Å². The number of amides is 2. The van der Waals surface area contributed by atoms with Crippen LogP contribution in [0.5, 0.6) is 0 Å². The van der Waals surface area contributed by atoms with Gasteiger partial charge in [-0.2, -0.15) is 5.10 Å². The third-order valence-corrected chi connectivity index (χ3v) is 6.80. The Labute approximate surface area is 174 Å². The van der Waals surface area contributed by atoms with Crippen molar-refractivity contribution in [1.29, 1.82) is 0 Å². The minimum absolute atomic E-state index is 0.0680. The first-order chi connectivity index (χ1) is 14.5. The summed E-state index contributed by atoms with van der Waals surface area (Å²) in [7, 11) is 0. The molecule has 1 aliphatic carbocycles. The number of H-pyrrole nitrogens is 1. The van der Waals surface area contributed by atoms with E-state index >= 15 is 0 Å². The topological polar surface area (TPSA) is 104 Å². The van der Waals surface area contributed by atoms with Crippen LogP contribution in [-0.4, -0.2) is 51.5 Å². The van der Waals surface area contributed by atoms with Crippen LogP contribution in [0.2, 0.25) is 0 Å². The predicted molar refractivity (Wildman–Crippen MR) is 110 cm³/mol. The number of likely N-dealkylation sites (tertiary alicyclic amines) is 1. The van der Waals surface area contributed by atoms with Gasteiger partial charge in [0.15, 0.2) is 11.3 Å². The van der Waals surface area contributed by atoms with Gasteiger partial charge >= 0.3 is 0 Å². The lowest BCUT2D eigenvalue weighted by Gasteiger charge is -2.33. The fraction of sp³-hybridized carbons (Fsp3) is 0.455. The molecule has 1 saturated heterocycles. The van der Waals surface area contributed by atoms with Crippen LogP contribution in [0.1, 0.15) is 51.6 Å². The Morgan fingerprint density at radius 2 is 2.13 bits per heavy atom. The van der Waals surface area contributed by atoms with Crippen molar-refractivity contribution in [2.75, 3.05) is 19.6 Å². The Balaban J connectivity index is 1.15. The highest BCUT2D eigenvalue weighted by Crippen LogP contribution is 2.59. The second-order valence-electron chi connectivity index (χ2n) is 8.60. The van der Waals surface area contributed by atoms with Gasteiger partial charge < -0.3 is 14.6 Å². The first-order valence-corrected chi connectivity index (χ1v) is 10.4. The highest BCUT2D eigenvalue weighted by molar-refractivity contribution is 5.96. The molecule has 8 heteroatoms. The quantitative estimate of drug-likeness (QED) is 0.692. The van der Waals surface area contributed by atoms with Crippen molar-refractivity contribution in [2.24, 2.45) is 11.3 Å². The second kappa shape index (κ2) is 6.97. The van der Waals surface area contributed by atoms with Crippen LogP contribution in [0.15, 0.2) is 28.9 Å². The van der Waals surface area contributed by atoms with Crippen LogP contribution >= 0.6 is 0 Å². The zero-order valence-corrected chi connectivity index (χ0v) is 17.2. The number of fused-ring (bicyclic) bond motifs is 1. The molecule has 1 unspecified atom stereocenters. The maximum atomic E-state index is 12.9. The highest BCUT2D eigenvalue weighted by atomic mass is 16.3. The Kier molecular flexibility index (Phi) is 4.38. The Hall–Kier alpha value is -3.16. The van der Waals surface area contributed by atoms with Gasteiger partial charge in [-0.3, -0.25) is 19.7 Å². The molecule has 5 rings (SSSR count). The number of aryl methyl sites for hydroxylation is 2. The van der Waals surface area contributed by atoms with Crippen molar-refractivity contribution in [3.8, 4) is 0 Å². The Morgan fingerprint density at radius 1 is 1.33 bits per heavy atom. The van der Waals surface area contributed by atoms with E-state index in [2.05, 4.69) is 20.5 Å². The minimum atomic E-state index is -0.188. The average molecular weight is 407 g/mol. The SMILES string of the molecule is Cc1n[nH]c(C)c1C(=O)N1CCC2(CC1)CC2CNC(=O)c1cc2ccncc2o1. The van der Waals surface area contributed by atoms with Crippen molar-refractivity contribution >= 4 is 22.8 Å². The smallest absolute Gasteiger partial charge is 0.287 e. The van der Waals surface area contributed by atoms with Crippen molar-refractivity contribution in [3.63, 3.8) is 0 Å². The number of pyridine rings is 1. The molecule has 0 radical (unpaired) electrons. The van der Waals surface area contributed by atoms with Crippen molar-refractivity contribution in [2.45, 2.75) is 33.1 Å². The zero-order valence-electron chi connectivity index (χ0n) is 17.2. The van der Waals surface area contributed by atoms with E-state index in [1.165, 1.54) is 0 Å². The molecule has 156 valence electrons. The number of nitrogens with zero attached hydrogens (tertiary/aromatic N) is 3. The molecule has 4 heterocycles. The van der Waals surface area contributed by atoms with E-state index < -0.39 is 0 Å². The van der Waals surface area contributed by atoms with Crippen molar-refractivity contribution in [3.05, 3.63) is 47.2 Å². The summed E-state index contributed by atoms with van der Waals surface area (Å²) in [6.45, 7) is 5.90. The summed E-state index contributed by atoms with van der Waals surface area (Å²) in [5, 5.41) is 10.9. The molecule has 0 aromatic carbocycles. The first kappa shape index (κ1) is 18.8. The Bertz CT molecular complexity index is 1070. The molecule has 1 atom stereocenters. The predicted octanol–water partition coefficient (Wildman–Crippen LogP) is 2.84. The zero-order chi connectivity index (χ0) is 20.9. The second-order valence-corrected chi connectivity index (χ2v) is 8.60. The molecular weight excluding hydrogens is 382 g/mol. The molecule has 3 aromatic rings. The number of rotatable bonds is 4. The fourth-order valence-corrected chi connectivity index (χ4v) is 4.81. The third-order valence-electron chi connectivity index (χ3n) is 6.80. The van der Waals surface area contributed by atoms with Gasteiger partial charge in [-0.25, -0.2) is 0 Å². The highest BCUT2D eigenvalue weighted by Gasteiger charge is 2.55. The standard InChI is InChI=1S/C22H25N5O3/c1-13-19(14(2)26-25-13)21(29)27-7-4-22(5-8-27)10-16(22)11-24-20(28)17-9-15-3-6-23-12-18(15)30-17/h3,6,9,12,16H,4-5,7-8,10-11H2,1-2H3,(H,24,28)(H,25,26). The van der Waals surface area contributed by atoms with E-state index in [1.54, 1.807) is 18.5 Å². The summed E-state index contributed by atoms with van der Waals surface area (Å²) in [6, 6.07) is 3.58. The number of nitrogens with one attached hydrogen (secondary N) is 2. The summed E-state index contributed by atoms with van der Waals surface area (Å²) < 4.78 is 5.59. The van der Waals surface area contributed by atoms with Gasteiger partial charge in [0.1, 0.15) is 0 Å². The molecule has 3 aromatic heterocycles. The molecule has 1 saturated carbocycles. The van der Waals surface area contributed by atoms with Gasteiger partial charge in [-0.05, 0) is 56.6 Å². The maximum absolute atomic E-state index is 12.9. The molecule has 2 fully saturated rings. The van der Waals surface area contributed by atoms with E-state index in [1.807, 2.05) is 24.8 Å². The van der Waals surface area contributed by atoms with E-state index in [0.717, 1.165) is 49.1 Å². The summed E-state index contributed by atoms with van der Waals surface area (Å²) in [5.41, 5.74) is 3.15. The number of piperidine rings is 1. The van der Waals surface area contributed by atoms with Crippen LogP contribution in [-0.2, 0) is 0 Å². The van der Waals surface area contributed by atoms with Gasteiger partial charge in [0.05, 0.1) is 17.5 Å². The molecular formula is C22H25N5O3. The molecule has 30 heavy (non-hydrogen) atoms. The van der Waals surface area contributed by atoms with E-state index in [4.69, 9.17) is 4.42 Å². The number of hydrogen-bond acceptors (Lipinski definition) is 5. The van der Waals surface area contributed by atoms with Crippen LogP contribution in [0.4, 0.5) is 0 Å². The van der Waals surface area contributed by atoms with Crippen LogP contribution in [0.3, 0.4) is 0 Å². The fourth-order valence-electron chi connectivity index (χ4n) is 4.81. The molecule has 0 bridgehead atoms. The number of hydrogen-bond donors (Lipinski definition) is 2. The molecule has 8 nitrogen and oxygen atoms in total. The van der Waals surface area contributed by atoms with Crippen LogP contribution < -0.4 is 5.32 Å². The summed E-state index contributed by atoms with van der Waals surface area (Å²) in [6.07, 6.45) is 6.35. The molecule has 2 aliphatic rings. The van der Waals surface area contributed by atoms with Gasteiger partial charge in [0.25, 0.3) is 11.8 Å². The normalized spacial score (nSPS) is 19.9. The molecule has 1 spiro atoms. The van der Waals surface area contributed by atoms with Gasteiger partial charge in [-0.15, -0.1) is 0 Å². The summed E-state index contributed by atoms with van der Waals surface area (Å²) in [4.78, 5) is 31.3. The largest absolute Gasteiger partial charge is 0.449 e. The van der Waals surface area contributed by atoms with E-state index in [9.17, 15) is 9.59 Å². The van der Waals surface area contributed by atoms with Crippen molar-refractivity contribution < 1.29 is 14.0 Å². The van der Waals surface area contributed by atoms with Gasteiger partial charge in [0, 0.05) is 36.9 Å². The molecule has 1 aliphatic heterocycles. The Morgan fingerprint density at radius 3 is 2.83 bits per heavy atom. The number of aromatic amines is 1. The third kappa shape index (κ3) is 3.16. The lowest BCUT2D eigenvalue weighted by Crippen LogP contribution is -2.40. The van der Waals surface area contributed by atoms with Gasteiger partial charge in [-0.1, -0.05) is 0 Å². The monoisotopic (exact) mass is 407 g/mol. The molecule has 2 amide bonds. The lowest BCUT2D eigenvalue weighted by atomic mass is 9.90. The van der Waals surface area contributed by atoms with Crippen LogP contribution in [0, 0.1) is 25.2 Å². The summed E-state index contributed by atoms with van der Waals surface area (Å²) >= 11 is 0. The minimum Gasteiger partial charge on any atom is -0.449 e. The number of carbonyl (C=O) groups excluding carboxylic acids is 2. The molecule has 2 N–H and O–H groups in total. The number of furan rings is 1. The first-order valence-electron chi connectivity index (χ1n) is 10.4. The lowest BCUT2D eigenvalue weighted by molar-refractivity contribution is 0.0667. The summed E-state index contributed by atoms with van der Waals surface area (Å²) in [5.74, 6) is 0.659. The van der Waals surface area contributed by atoms with E-state index in [0.29, 0.717) is 29.4 Å². The number of carbonyl (C=O) groups is 2. The van der Waals surface area contributed by atoms with Gasteiger partial charge in [0.2, 0.25) is 0 Å².